The highest BCUT2D eigenvalue weighted by atomic mass is 32.2. The van der Waals surface area contributed by atoms with Gasteiger partial charge in [0.05, 0.1) is 27.3 Å². The number of benzene rings is 2. The van der Waals surface area contributed by atoms with Gasteiger partial charge in [-0.3, -0.25) is 4.79 Å². The number of ether oxygens (including phenoxy) is 2. The van der Waals surface area contributed by atoms with Crippen molar-refractivity contribution in [3.05, 3.63) is 59.4 Å². The van der Waals surface area contributed by atoms with Gasteiger partial charge in [0, 0.05) is 18.7 Å². The summed E-state index contributed by atoms with van der Waals surface area (Å²) in [7, 11) is -3.26. The third-order valence-corrected chi connectivity index (χ3v) is 7.52. The SMILES string of the molecule is C=CCn1c(=NC(=O)Cc2ccc(S(=O)(=O)CC)cc2)sc2cc3c(cc21)OCO3. The standard InChI is InChI=1S/C21H20N2O5S2/c1-3-9-23-16-11-17-18(28-13-27-17)12-19(16)29-21(23)22-20(24)10-14-5-7-15(8-6-14)30(25,26)4-2/h3,5-8,11-12H,1,4,9-10,13H2,2H3. The van der Waals surface area contributed by atoms with E-state index >= 15 is 0 Å². The van der Waals surface area contributed by atoms with Gasteiger partial charge >= 0.3 is 0 Å². The third kappa shape index (κ3) is 3.90. The second kappa shape index (κ2) is 8.08. The molecule has 3 aromatic rings. The smallest absolute Gasteiger partial charge is 0.252 e. The van der Waals surface area contributed by atoms with Crippen LogP contribution in [-0.4, -0.2) is 31.4 Å². The lowest BCUT2D eigenvalue weighted by molar-refractivity contribution is -0.117. The van der Waals surface area contributed by atoms with Crippen LogP contribution in [0, 0.1) is 0 Å². The van der Waals surface area contributed by atoms with Gasteiger partial charge in [0.1, 0.15) is 0 Å². The molecule has 0 N–H and O–H groups in total. The van der Waals surface area contributed by atoms with Crippen molar-refractivity contribution < 1.29 is 22.7 Å². The summed E-state index contributed by atoms with van der Waals surface area (Å²) in [6, 6.07) is 10.1. The number of allylic oxidation sites excluding steroid dienone is 1. The van der Waals surface area contributed by atoms with Crippen molar-refractivity contribution in [2.24, 2.45) is 4.99 Å². The number of hydrogen-bond donors (Lipinski definition) is 0. The molecule has 0 saturated heterocycles. The van der Waals surface area contributed by atoms with Crippen LogP contribution in [0.15, 0.2) is 58.9 Å². The zero-order chi connectivity index (χ0) is 21.3. The van der Waals surface area contributed by atoms with Crippen LogP contribution < -0.4 is 14.3 Å². The van der Waals surface area contributed by atoms with E-state index in [2.05, 4.69) is 11.6 Å². The second-order valence-electron chi connectivity index (χ2n) is 6.69. The largest absolute Gasteiger partial charge is 0.454 e. The highest BCUT2D eigenvalue weighted by Crippen LogP contribution is 2.37. The molecule has 156 valence electrons. The van der Waals surface area contributed by atoms with Crippen LogP contribution >= 0.6 is 11.3 Å². The van der Waals surface area contributed by atoms with E-state index in [-0.39, 0.29) is 29.8 Å². The number of rotatable bonds is 6. The Morgan fingerprint density at radius 1 is 1.23 bits per heavy atom. The number of thiazole rings is 1. The summed E-state index contributed by atoms with van der Waals surface area (Å²) in [5, 5.41) is 0. The molecule has 0 aliphatic carbocycles. The molecule has 1 aliphatic rings. The summed E-state index contributed by atoms with van der Waals surface area (Å²) in [6.45, 7) is 6.08. The molecular weight excluding hydrogens is 424 g/mol. The molecule has 1 aliphatic heterocycles. The Hall–Kier alpha value is -2.91. The maximum atomic E-state index is 12.6. The Kier molecular flexibility index (Phi) is 5.48. The molecule has 9 heteroatoms. The molecule has 0 spiro atoms. The number of carbonyl (C=O) groups excluding carboxylic acids is 1. The Bertz CT molecular complexity index is 1300. The normalized spacial score (nSPS) is 13.7. The highest BCUT2D eigenvalue weighted by molar-refractivity contribution is 7.91. The van der Waals surface area contributed by atoms with Crippen LogP contribution in [0.2, 0.25) is 0 Å². The fourth-order valence-electron chi connectivity index (χ4n) is 3.15. The average Bonchev–Trinajstić information content (AvgIpc) is 3.31. The summed E-state index contributed by atoms with van der Waals surface area (Å²) in [6.07, 6.45) is 1.82. The van der Waals surface area contributed by atoms with Crippen LogP contribution in [0.1, 0.15) is 12.5 Å². The topological polar surface area (TPSA) is 87.0 Å². The van der Waals surface area contributed by atoms with Crippen molar-refractivity contribution in [1.29, 1.82) is 0 Å². The van der Waals surface area contributed by atoms with Crippen LogP contribution in [0.25, 0.3) is 10.2 Å². The molecular formula is C21H20N2O5S2. The first-order valence-corrected chi connectivity index (χ1v) is 11.8. The summed E-state index contributed by atoms with van der Waals surface area (Å²) >= 11 is 1.39. The second-order valence-corrected chi connectivity index (χ2v) is 9.97. The number of fused-ring (bicyclic) bond motifs is 2. The van der Waals surface area contributed by atoms with E-state index in [1.165, 1.54) is 23.5 Å². The van der Waals surface area contributed by atoms with Crippen molar-refractivity contribution in [3.8, 4) is 11.5 Å². The fraction of sp³-hybridized carbons (Fsp3) is 0.238. The van der Waals surface area contributed by atoms with Gasteiger partial charge in [-0.25, -0.2) is 8.42 Å². The van der Waals surface area contributed by atoms with Crippen LogP contribution in [0.4, 0.5) is 0 Å². The number of carbonyl (C=O) groups is 1. The minimum Gasteiger partial charge on any atom is -0.454 e. The third-order valence-electron chi connectivity index (χ3n) is 4.73. The summed E-state index contributed by atoms with van der Waals surface area (Å²) in [5.41, 5.74) is 1.60. The first-order valence-electron chi connectivity index (χ1n) is 9.34. The van der Waals surface area contributed by atoms with Gasteiger partial charge in [-0.2, -0.15) is 4.99 Å². The molecule has 0 saturated carbocycles. The van der Waals surface area contributed by atoms with Gasteiger partial charge in [0.2, 0.25) is 6.79 Å². The number of nitrogens with zero attached hydrogens (tertiary/aromatic N) is 2. The van der Waals surface area contributed by atoms with Crippen LogP contribution in [0.3, 0.4) is 0 Å². The molecule has 2 aromatic carbocycles. The van der Waals surface area contributed by atoms with Crippen molar-refractivity contribution >= 4 is 37.3 Å². The van der Waals surface area contributed by atoms with Gasteiger partial charge in [0.15, 0.2) is 26.1 Å². The van der Waals surface area contributed by atoms with Crippen molar-refractivity contribution in [1.82, 2.24) is 4.57 Å². The van der Waals surface area contributed by atoms with E-state index in [4.69, 9.17) is 9.47 Å². The predicted molar refractivity (Wildman–Crippen MR) is 115 cm³/mol. The van der Waals surface area contributed by atoms with E-state index in [0.717, 1.165) is 10.2 Å². The summed E-state index contributed by atoms with van der Waals surface area (Å²) in [4.78, 5) is 17.7. The molecule has 0 atom stereocenters. The van der Waals surface area contributed by atoms with Crippen LogP contribution in [0.5, 0.6) is 11.5 Å². The van der Waals surface area contributed by atoms with Crippen molar-refractivity contribution in [3.63, 3.8) is 0 Å². The van der Waals surface area contributed by atoms with Crippen molar-refractivity contribution in [2.45, 2.75) is 24.8 Å². The molecule has 1 amide bonds. The van der Waals surface area contributed by atoms with E-state index in [9.17, 15) is 13.2 Å². The lowest BCUT2D eigenvalue weighted by Gasteiger charge is -2.03. The Balaban J connectivity index is 1.64. The van der Waals surface area contributed by atoms with Gasteiger partial charge < -0.3 is 14.0 Å². The molecule has 0 unspecified atom stereocenters. The minimum atomic E-state index is -3.26. The quantitative estimate of drug-likeness (QED) is 0.546. The van der Waals surface area contributed by atoms with Gasteiger partial charge in [-0.1, -0.05) is 36.5 Å². The predicted octanol–water partition coefficient (Wildman–Crippen LogP) is 3.08. The zero-order valence-corrected chi connectivity index (χ0v) is 18.0. The van der Waals surface area contributed by atoms with E-state index < -0.39 is 9.84 Å². The number of hydrogen-bond acceptors (Lipinski definition) is 6. The lowest BCUT2D eigenvalue weighted by Crippen LogP contribution is -2.17. The molecule has 0 bridgehead atoms. The van der Waals surface area contributed by atoms with E-state index in [1.54, 1.807) is 25.1 Å². The maximum absolute atomic E-state index is 12.6. The minimum absolute atomic E-state index is 0.0371. The Morgan fingerprint density at radius 2 is 1.93 bits per heavy atom. The summed E-state index contributed by atoms with van der Waals surface area (Å²) in [5.74, 6) is 1.06. The van der Waals surface area contributed by atoms with E-state index in [0.29, 0.717) is 28.4 Å². The molecule has 30 heavy (non-hydrogen) atoms. The molecule has 2 heterocycles. The molecule has 0 fully saturated rings. The maximum Gasteiger partial charge on any atom is 0.252 e. The lowest BCUT2D eigenvalue weighted by atomic mass is 10.1. The van der Waals surface area contributed by atoms with Gasteiger partial charge in [-0.05, 0) is 17.7 Å². The fourth-order valence-corrected chi connectivity index (χ4v) is 5.10. The van der Waals surface area contributed by atoms with Gasteiger partial charge in [0.25, 0.3) is 5.91 Å². The Morgan fingerprint density at radius 3 is 2.60 bits per heavy atom. The van der Waals surface area contributed by atoms with Crippen molar-refractivity contribution in [2.75, 3.05) is 12.5 Å². The molecule has 7 nitrogen and oxygen atoms in total. The first-order chi connectivity index (χ1) is 14.4. The van der Waals surface area contributed by atoms with Crippen LogP contribution in [-0.2, 0) is 27.6 Å². The van der Waals surface area contributed by atoms with E-state index in [1.807, 2.05) is 16.7 Å². The average molecular weight is 445 g/mol. The van der Waals surface area contributed by atoms with Gasteiger partial charge in [-0.15, -0.1) is 6.58 Å². The highest BCUT2D eigenvalue weighted by Gasteiger charge is 2.18. The zero-order valence-electron chi connectivity index (χ0n) is 16.3. The molecule has 0 radical (unpaired) electrons. The number of amides is 1. The molecule has 4 rings (SSSR count). The number of sulfone groups is 1. The summed E-state index contributed by atoms with van der Waals surface area (Å²) < 4.78 is 37.6. The first kappa shape index (κ1) is 20.4. The monoisotopic (exact) mass is 444 g/mol. The number of aromatic nitrogens is 1. The molecule has 1 aromatic heterocycles. The Labute approximate surface area is 177 Å².